The number of halogens is 2. The second-order valence-corrected chi connectivity index (χ2v) is 27.9. The van der Waals surface area contributed by atoms with Crippen LogP contribution in [0.3, 0.4) is 0 Å². The van der Waals surface area contributed by atoms with Gasteiger partial charge in [0.15, 0.2) is 0 Å². The standard InChI is InChI=1S/C44H68Si.2CH3.2ClH.Zr/c1-11-26-45(10,41-29(2)27-39-35(14-12-16-37(39)41)31-18-22-33(23-19-31)43(4,5)6)42-30(3)28-40-36(15-13-17-38(40)42)32-20-24-34(25-21-32)44(7,8)9;;;;;/h18-25,29-30,35-42H,11-17,26-28H2,1-10H3;2*1H3;2*1H;/q;2*-1;;;+4/p-2. The van der Waals surface area contributed by atoms with Crippen molar-refractivity contribution < 1.29 is 20.8 Å². The molecule has 50 heavy (non-hydrogen) atoms. The normalized spacial score (nSPS) is 33.3. The van der Waals surface area contributed by atoms with Crippen molar-refractivity contribution in [2.24, 2.45) is 35.5 Å². The molecule has 4 saturated carbocycles. The Kier molecular flexibility index (Phi) is 16.2. The molecule has 280 valence electrons. The molecular formula is C46H74Cl2SiZr. The molecule has 6 rings (SSSR count). The van der Waals surface area contributed by atoms with Crippen LogP contribution in [0.25, 0.3) is 0 Å². The van der Waals surface area contributed by atoms with Crippen LogP contribution in [0.15, 0.2) is 48.5 Å². The summed E-state index contributed by atoms with van der Waals surface area (Å²) in [6, 6.07) is 21.6. The Labute approximate surface area is 331 Å². The van der Waals surface area contributed by atoms with Gasteiger partial charge in [0, 0.05) is 0 Å². The summed E-state index contributed by atoms with van der Waals surface area (Å²) in [5, 5.41) is 0. The first-order valence-electron chi connectivity index (χ1n) is 19.8. The Balaban J connectivity index is 0.00000131. The number of fused-ring (bicyclic) bond motifs is 2. The van der Waals surface area contributed by atoms with Gasteiger partial charge in [-0.1, -0.05) is 156 Å². The third kappa shape index (κ3) is 9.14. The second-order valence-electron chi connectivity index (χ2n) is 19.3. The molecule has 0 aromatic heterocycles. The molecule has 0 heterocycles. The molecule has 10 unspecified atom stereocenters. The summed E-state index contributed by atoms with van der Waals surface area (Å²) < 4.78 is 0. The Hall–Kier alpha value is 0.120. The molecule has 4 aliphatic carbocycles. The van der Waals surface area contributed by atoms with E-state index >= 15 is 0 Å². The topological polar surface area (TPSA) is 0 Å². The van der Waals surface area contributed by atoms with Crippen LogP contribution in [-0.2, 0) is 31.7 Å². The first-order chi connectivity index (χ1) is 22.6. The van der Waals surface area contributed by atoms with Gasteiger partial charge in [-0.2, -0.15) is 0 Å². The van der Waals surface area contributed by atoms with E-state index in [1.54, 1.807) is 17.2 Å². The van der Waals surface area contributed by atoms with E-state index in [1.807, 2.05) is 0 Å². The van der Waals surface area contributed by atoms with Crippen molar-refractivity contribution in [3.63, 3.8) is 0 Å². The van der Waals surface area contributed by atoms with Crippen molar-refractivity contribution in [1.82, 2.24) is 0 Å². The monoisotopic (exact) mass is 814 g/mol. The molecule has 10 atom stereocenters. The van der Waals surface area contributed by atoms with Crippen molar-refractivity contribution in [3.05, 3.63) is 85.6 Å². The van der Waals surface area contributed by atoms with Crippen molar-refractivity contribution >= 4 is 25.1 Å². The molecule has 2 aromatic rings. The molecule has 4 heteroatoms. The van der Waals surface area contributed by atoms with Crippen LogP contribution in [0, 0.1) is 50.4 Å². The molecule has 0 spiro atoms. The minimum absolute atomic E-state index is 0. The van der Waals surface area contributed by atoms with Gasteiger partial charge in [-0.3, -0.25) is 0 Å². The van der Waals surface area contributed by atoms with Crippen LogP contribution in [0.5, 0.6) is 0 Å². The SMILES string of the molecule is CCC[Si](C)(C1C(C)CC2C(c3ccc(C(C)(C)C)cc3)CCCC21)C1C(C)CC2C(c3ccc(C(C)(C)C)cc3)CCCC21.[CH3-].[CH3-].[Cl][Zr+2][Cl]. The first kappa shape index (κ1) is 44.5. The van der Waals surface area contributed by atoms with Gasteiger partial charge in [0.05, 0.1) is 8.07 Å². The number of rotatable bonds is 6. The third-order valence-electron chi connectivity index (χ3n) is 14.4. The fourth-order valence-corrected chi connectivity index (χ4v) is 20.7. The van der Waals surface area contributed by atoms with Crippen LogP contribution in [0.1, 0.15) is 154 Å². The Morgan fingerprint density at radius 3 is 1.26 bits per heavy atom. The Bertz CT molecular complexity index is 1210. The van der Waals surface area contributed by atoms with Gasteiger partial charge in [-0.05, 0) is 117 Å². The molecule has 0 aliphatic heterocycles. The van der Waals surface area contributed by atoms with Gasteiger partial charge in [0.2, 0.25) is 0 Å². The summed E-state index contributed by atoms with van der Waals surface area (Å²) in [4.78, 5) is 0. The van der Waals surface area contributed by atoms with Gasteiger partial charge >= 0.3 is 37.9 Å². The van der Waals surface area contributed by atoms with Crippen molar-refractivity contribution in [1.29, 1.82) is 0 Å². The molecule has 0 radical (unpaired) electrons. The predicted molar refractivity (Wildman–Crippen MR) is 224 cm³/mol. The molecule has 0 bridgehead atoms. The Morgan fingerprint density at radius 2 is 0.960 bits per heavy atom. The van der Waals surface area contributed by atoms with E-state index in [1.165, 1.54) is 68.9 Å². The summed E-state index contributed by atoms with van der Waals surface area (Å²) in [5.41, 5.74) is 8.81. The van der Waals surface area contributed by atoms with Crippen LogP contribution in [0.2, 0.25) is 23.7 Å². The molecule has 4 aliphatic rings. The fraction of sp³-hybridized carbons (Fsp3) is 0.696. The third-order valence-corrected chi connectivity index (χ3v) is 21.0. The van der Waals surface area contributed by atoms with E-state index in [0.717, 1.165) is 58.4 Å². The average Bonchev–Trinajstić information content (AvgIpc) is 3.56. The summed E-state index contributed by atoms with van der Waals surface area (Å²) in [6.07, 6.45) is 13.2. The summed E-state index contributed by atoms with van der Waals surface area (Å²) in [7, 11) is 8.31. The van der Waals surface area contributed by atoms with Crippen LogP contribution in [0.4, 0.5) is 0 Å². The summed E-state index contributed by atoms with van der Waals surface area (Å²) in [6.45, 7) is 25.1. The van der Waals surface area contributed by atoms with Crippen molar-refractivity contribution in [3.8, 4) is 0 Å². The predicted octanol–water partition coefficient (Wildman–Crippen LogP) is 15.6. The van der Waals surface area contributed by atoms with Gasteiger partial charge in [0.1, 0.15) is 0 Å². The van der Waals surface area contributed by atoms with E-state index in [9.17, 15) is 0 Å². The zero-order valence-corrected chi connectivity index (χ0v) is 39.2. The molecule has 0 saturated heterocycles. The number of benzene rings is 2. The Morgan fingerprint density at radius 1 is 0.620 bits per heavy atom. The van der Waals surface area contributed by atoms with Crippen LogP contribution < -0.4 is 0 Å². The van der Waals surface area contributed by atoms with Gasteiger partial charge in [-0.25, -0.2) is 0 Å². The van der Waals surface area contributed by atoms with Crippen LogP contribution in [-0.4, -0.2) is 8.07 Å². The van der Waals surface area contributed by atoms with Gasteiger partial charge in [0.25, 0.3) is 0 Å². The summed E-state index contributed by atoms with van der Waals surface area (Å²) >= 11 is -0.826. The first-order valence-corrected chi connectivity index (χ1v) is 29.0. The van der Waals surface area contributed by atoms with E-state index < -0.39 is 28.9 Å². The maximum atomic E-state index is 4.93. The quantitative estimate of drug-likeness (QED) is 0.201. The molecular weight excluding hydrogens is 743 g/mol. The maximum absolute atomic E-state index is 4.93. The van der Waals surface area contributed by atoms with Gasteiger partial charge < -0.3 is 14.9 Å². The number of hydrogen-bond acceptors (Lipinski definition) is 0. The van der Waals surface area contributed by atoms with E-state index in [0.29, 0.717) is 0 Å². The molecule has 0 amide bonds. The van der Waals surface area contributed by atoms with Gasteiger partial charge in [-0.15, -0.1) is 0 Å². The van der Waals surface area contributed by atoms with E-state index in [-0.39, 0.29) is 25.7 Å². The molecule has 0 N–H and O–H groups in total. The number of hydrogen-bond donors (Lipinski definition) is 0. The van der Waals surface area contributed by atoms with Crippen molar-refractivity contribution in [2.75, 3.05) is 0 Å². The summed E-state index contributed by atoms with van der Waals surface area (Å²) in [5.74, 6) is 7.16. The zero-order chi connectivity index (χ0) is 35.0. The minimum atomic E-state index is -1.55. The molecule has 2 aromatic carbocycles. The van der Waals surface area contributed by atoms with Crippen molar-refractivity contribution in [2.45, 2.75) is 166 Å². The van der Waals surface area contributed by atoms with E-state index in [4.69, 9.17) is 17.0 Å². The zero-order valence-electron chi connectivity index (χ0n) is 34.2. The molecule has 0 nitrogen and oxygen atoms in total. The van der Waals surface area contributed by atoms with E-state index in [2.05, 4.69) is 117 Å². The van der Waals surface area contributed by atoms with Crippen LogP contribution >= 0.6 is 17.0 Å². The molecule has 4 fully saturated rings. The fourth-order valence-electron chi connectivity index (χ4n) is 12.8. The average molecular weight is 817 g/mol. The second kappa shape index (κ2) is 18.2.